The summed E-state index contributed by atoms with van der Waals surface area (Å²) in [6.07, 6.45) is 9.12. The van der Waals surface area contributed by atoms with E-state index in [-0.39, 0.29) is 5.97 Å². The summed E-state index contributed by atoms with van der Waals surface area (Å²) in [5.41, 5.74) is 0.728. The summed E-state index contributed by atoms with van der Waals surface area (Å²) in [5.74, 6) is -0.193. The van der Waals surface area contributed by atoms with Crippen molar-refractivity contribution < 1.29 is 13.9 Å². The van der Waals surface area contributed by atoms with Crippen LogP contribution in [-0.2, 0) is 4.74 Å². The van der Waals surface area contributed by atoms with Crippen molar-refractivity contribution in [2.75, 3.05) is 6.61 Å². The average Bonchev–Trinajstić information content (AvgIpc) is 3.05. The molecule has 1 aromatic rings. The molecule has 0 unspecified atom stereocenters. The van der Waals surface area contributed by atoms with E-state index in [9.17, 15) is 4.79 Å². The van der Waals surface area contributed by atoms with Crippen molar-refractivity contribution in [2.45, 2.75) is 79.5 Å². The van der Waals surface area contributed by atoms with Crippen molar-refractivity contribution >= 4 is 28.1 Å². The van der Waals surface area contributed by atoms with Gasteiger partial charge in [0, 0.05) is 0 Å². The molecular weight excluding hydrogens is 395 g/mol. The molecule has 132 valence electrons. The number of furan rings is 1. The van der Waals surface area contributed by atoms with Gasteiger partial charge in [-0.25, -0.2) is 0 Å². The first-order valence-corrected chi connectivity index (χ1v) is 16.9. The summed E-state index contributed by atoms with van der Waals surface area (Å²) in [6.45, 7) is 9.05. The molecule has 0 radical (unpaired) electrons. The van der Waals surface area contributed by atoms with E-state index in [2.05, 4.69) is 20.8 Å². The van der Waals surface area contributed by atoms with Crippen LogP contribution >= 0.6 is 0 Å². The molecule has 0 aliphatic rings. The van der Waals surface area contributed by atoms with Gasteiger partial charge in [-0.15, -0.1) is 0 Å². The fourth-order valence-electron chi connectivity index (χ4n) is 3.35. The third kappa shape index (κ3) is 5.84. The molecular formula is C19H34O3Sn. The molecule has 0 fully saturated rings. The number of hydrogen-bond acceptors (Lipinski definition) is 3. The zero-order valence-corrected chi connectivity index (χ0v) is 18.3. The molecule has 0 saturated carbocycles. The summed E-state index contributed by atoms with van der Waals surface area (Å²) in [6, 6.07) is 1.84. The van der Waals surface area contributed by atoms with Crippen LogP contribution in [0, 0.1) is 0 Å². The molecule has 1 rings (SSSR count). The molecule has 1 heterocycles. The number of carbonyl (C=O) groups excluding carboxylic acids is 1. The summed E-state index contributed by atoms with van der Waals surface area (Å²) < 4.78 is 16.2. The Labute approximate surface area is 146 Å². The van der Waals surface area contributed by atoms with Crippen molar-refractivity contribution in [1.82, 2.24) is 0 Å². The van der Waals surface area contributed by atoms with E-state index in [0.29, 0.717) is 6.61 Å². The van der Waals surface area contributed by atoms with Crippen LogP contribution in [-0.4, -0.2) is 31.0 Å². The summed E-state index contributed by atoms with van der Waals surface area (Å²) in [7, 11) is 0. The third-order valence-corrected chi connectivity index (χ3v) is 19.7. The van der Waals surface area contributed by atoms with Gasteiger partial charge in [-0.1, -0.05) is 0 Å². The first kappa shape index (κ1) is 20.6. The van der Waals surface area contributed by atoms with Gasteiger partial charge in [0.2, 0.25) is 0 Å². The second kappa shape index (κ2) is 11.2. The first-order valence-electron chi connectivity index (χ1n) is 9.40. The van der Waals surface area contributed by atoms with Crippen molar-refractivity contribution in [2.24, 2.45) is 0 Å². The number of esters is 1. The van der Waals surface area contributed by atoms with Gasteiger partial charge in [-0.3, -0.25) is 0 Å². The van der Waals surface area contributed by atoms with Crippen LogP contribution < -0.4 is 3.78 Å². The van der Waals surface area contributed by atoms with Gasteiger partial charge < -0.3 is 0 Å². The Hall–Kier alpha value is -0.451. The predicted molar refractivity (Wildman–Crippen MR) is 99.2 cm³/mol. The zero-order chi connectivity index (χ0) is 17.1. The number of hydrogen-bond donors (Lipinski definition) is 0. The summed E-state index contributed by atoms with van der Waals surface area (Å²) in [5, 5.41) is 0. The molecule has 0 aliphatic carbocycles. The molecule has 4 heteroatoms. The van der Waals surface area contributed by atoms with Gasteiger partial charge in [0.15, 0.2) is 0 Å². The molecule has 0 spiro atoms. The van der Waals surface area contributed by atoms with E-state index in [1.807, 2.05) is 13.0 Å². The SMILES string of the molecule is CCC[CH2][Sn]([CH2]CCC)([CH2]CCC)[c]1occc1C(=O)OCC. The first-order chi connectivity index (χ1) is 11.1. The second-order valence-electron chi connectivity index (χ2n) is 6.47. The van der Waals surface area contributed by atoms with Gasteiger partial charge in [-0.05, 0) is 0 Å². The Bertz CT molecular complexity index is 431. The minimum absolute atomic E-state index is 0.193. The van der Waals surface area contributed by atoms with Crippen molar-refractivity contribution in [3.05, 3.63) is 17.9 Å². The Morgan fingerprint density at radius 2 is 1.52 bits per heavy atom. The quantitative estimate of drug-likeness (QED) is 0.325. The third-order valence-electron chi connectivity index (χ3n) is 4.67. The van der Waals surface area contributed by atoms with Gasteiger partial charge in [0.1, 0.15) is 0 Å². The molecule has 0 aromatic carbocycles. The molecule has 0 N–H and O–H groups in total. The molecule has 0 bridgehead atoms. The van der Waals surface area contributed by atoms with Crippen molar-refractivity contribution in [3.8, 4) is 0 Å². The Balaban J connectivity index is 3.19. The topological polar surface area (TPSA) is 39.4 Å². The van der Waals surface area contributed by atoms with Crippen LogP contribution in [0.1, 0.15) is 76.6 Å². The molecule has 0 amide bonds. The van der Waals surface area contributed by atoms with Crippen LogP contribution in [0.2, 0.25) is 13.3 Å². The Kier molecular flexibility index (Phi) is 10.00. The predicted octanol–water partition coefficient (Wildman–Crippen LogP) is 5.51. The molecule has 0 aliphatic heterocycles. The zero-order valence-electron chi connectivity index (χ0n) is 15.5. The molecule has 0 atom stereocenters. The standard InChI is InChI=1S/C7H7O3.3C4H9.Sn/c1-2-10-7(8)6-3-4-9-5-6;3*1-3-4-2;/h3-4H,2H2,1H3;3*1,3-4H2,2H3;. The van der Waals surface area contributed by atoms with Gasteiger partial charge in [0.25, 0.3) is 0 Å². The van der Waals surface area contributed by atoms with E-state index in [4.69, 9.17) is 9.15 Å². The molecule has 1 aromatic heterocycles. The maximum atomic E-state index is 12.3. The van der Waals surface area contributed by atoms with Crippen LogP contribution in [0.25, 0.3) is 0 Å². The maximum absolute atomic E-state index is 12.3. The molecule has 3 nitrogen and oxygen atoms in total. The van der Waals surface area contributed by atoms with E-state index in [0.717, 1.165) is 9.34 Å². The fourth-order valence-corrected chi connectivity index (χ4v) is 19.3. The van der Waals surface area contributed by atoms with Crippen LogP contribution in [0.4, 0.5) is 0 Å². The summed E-state index contributed by atoms with van der Waals surface area (Å²) >= 11 is -2.69. The van der Waals surface area contributed by atoms with Gasteiger partial charge in [0.05, 0.1) is 0 Å². The van der Waals surface area contributed by atoms with Crippen LogP contribution in [0.15, 0.2) is 16.7 Å². The number of rotatable bonds is 12. The van der Waals surface area contributed by atoms with Gasteiger partial charge in [-0.2, -0.15) is 0 Å². The summed E-state index contributed by atoms with van der Waals surface area (Å²) in [4.78, 5) is 12.3. The van der Waals surface area contributed by atoms with Crippen molar-refractivity contribution in [1.29, 1.82) is 0 Å². The van der Waals surface area contributed by atoms with E-state index < -0.39 is 18.4 Å². The fraction of sp³-hybridized carbons (Fsp3) is 0.737. The normalized spacial score (nSPS) is 11.7. The molecule has 23 heavy (non-hydrogen) atoms. The number of ether oxygens (including phenoxy) is 1. The van der Waals surface area contributed by atoms with E-state index in [1.165, 1.54) is 51.8 Å². The van der Waals surface area contributed by atoms with Gasteiger partial charge >= 0.3 is 146 Å². The van der Waals surface area contributed by atoms with E-state index in [1.54, 1.807) is 6.26 Å². The Morgan fingerprint density at radius 3 is 1.96 bits per heavy atom. The monoisotopic (exact) mass is 430 g/mol. The van der Waals surface area contributed by atoms with Crippen LogP contribution in [0.3, 0.4) is 0 Å². The van der Waals surface area contributed by atoms with Crippen LogP contribution in [0.5, 0.6) is 0 Å². The molecule has 0 saturated heterocycles. The number of carbonyl (C=O) groups is 1. The average molecular weight is 429 g/mol. The number of unbranched alkanes of at least 4 members (excludes halogenated alkanes) is 3. The van der Waals surface area contributed by atoms with Crippen molar-refractivity contribution in [3.63, 3.8) is 0 Å². The van der Waals surface area contributed by atoms with E-state index >= 15 is 0 Å². The second-order valence-corrected chi connectivity index (χ2v) is 19.4. The Morgan fingerprint density at radius 1 is 1.00 bits per heavy atom. The minimum atomic E-state index is -2.69.